The molecular formula is C11H12ClNO3. The van der Waals surface area contributed by atoms with Crippen LogP contribution >= 0.6 is 11.6 Å². The lowest BCUT2D eigenvalue weighted by atomic mass is 10.0. The summed E-state index contributed by atoms with van der Waals surface area (Å²) in [6, 6.07) is 5.46. The Labute approximate surface area is 98.3 Å². The Morgan fingerprint density at radius 1 is 1.38 bits per heavy atom. The molecule has 0 aliphatic heterocycles. The van der Waals surface area contributed by atoms with E-state index in [0.29, 0.717) is 10.6 Å². The fraction of sp³-hybridized carbons (Fsp3) is 0.273. The average Bonchev–Trinajstić information content (AvgIpc) is 2.28. The van der Waals surface area contributed by atoms with Crippen molar-refractivity contribution in [2.45, 2.75) is 12.5 Å². The van der Waals surface area contributed by atoms with Gasteiger partial charge < -0.3 is 10.5 Å². The van der Waals surface area contributed by atoms with E-state index >= 15 is 0 Å². The van der Waals surface area contributed by atoms with Crippen molar-refractivity contribution in [3.63, 3.8) is 0 Å². The first-order valence-corrected chi connectivity index (χ1v) is 5.04. The van der Waals surface area contributed by atoms with Crippen LogP contribution in [0.2, 0.25) is 5.02 Å². The zero-order chi connectivity index (χ0) is 12.1. The van der Waals surface area contributed by atoms with E-state index < -0.39 is 12.0 Å². The average molecular weight is 242 g/mol. The third kappa shape index (κ3) is 3.32. The van der Waals surface area contributed by atoms with Crippen LogP contribution in [0.5, 0.6) is 0 Å². The molecule has 0 saturated carbocycles. The van der Waals surface area contributed by atoms with Crippen LogP contribution in [0, 0.1) is 0 Å². The van der Waals surface area contributed by atoms with Gasteiger partial charge >= 0.3 is 5.97 Å². The number of ether oxygens (including phenoxy) is 1. The van der Waals surface area contributed by atoms with Gasteiger partial charge in [0.2, 0.25) is 0 Å². The Hall–Kier alpha value is -1.39. The van der Waals surface area contributed by atoms with Crippen LogP contribution in [-0.2, 0) is 9.53 Å². The Morgan fingerprint density at radius 3 is 2.44 bits per heavy atom. The highest BCUT2D eigenvalue weighted by molar-refractivity contribution is 6.30. The van der Waals surface area contributed by atoms with Gasteiger partial charge in [0.25, 0.3) is 0 Å². The van der Waals surface area contributed by atoms with Crippen molar-refractivity contribution in [3.05, 3.63) is 34.9 Å². The third-order valence-corrected chi connectivity index (χ3v) is 2.33. The maximum Gasteiger partial charge on any atom is 0.307 e. The number of benzene rings is 1. The zero-order valence-electron chi connectivity index (χ0n) is 8.77. The van der Waals surface area contributed by atoms with Gasteiger partial charge in [-0.3, -0.25) is 9.59 Å². The number of Topliss-reactive ketones (excluding diaryl/α,β-unsaturated/α-hetero) is 1. The molecule has 0 radical (unpaired) electrons. The van der Waals surface area contributed by atoms with Gasteiger partial charge in [0, 0.05) is 10.6 Å². The molecule has 0 aliphatic rings. The van der Waals surface area contributed by atoms with E-state index in [-0.39, 0.29) is 12.2 Å². The zero-order valence-corrected chi connectivity index (χ0v) is 9.53. The maximum atomic E-state index is 11.7. The number of hydrogen-bond donors (Lipinski definition) is 1. The lowest BCUT2D eigenvalue weighted by Gasteiger charge is -2.08. The number of ketones is 1. The molecule has 4 nitrogen and oxygen atoms in total. The van der Waals surface area contributed by atoms with E-state index in [2.05, 4.69) is 4.74 Å². The Bertz CT molecular complexity index is 389. The van der Waals surface area contributed by atoms with Gasteiger partial charge in [0.1, 0.15) is 0 Å². The fourth-order valence-corrected chi connectivity index (χ4v) is 1.31. The van der Waals surface area contributed by atoms with Crippen LogP contribution in [0.3, 0.4) is 0 Å². The molecular weight excluding hydrogens is 230 g/mol. The standard InChI is InChI=1S/C11H12ClNO3/c1-16-10(14)6-9(13)11(15)7-2-4-8(12)5-3-7/h2-5,9H,6,13H2,1H3. The molecule has 86 valence electrons. The van der Waals surface area contributed by atoms with Gasteiger partial charge in [0.15, 0.2) is 5.78 Å². The highest BCUT2D eigenvalue weighted by atomic mass is 35.5. The number of rotatable bonds is 4. The number of esters is 1. The molecule has 0 spiro atoms. The van der Waals surface area contributed by atoms with E-state index in [1.165, 1.54) is 7.11 Å². The quantitative estimate of drug-likeness (QED) is 0.639. The van der Waals surface area contributed by atoms with Gasteiger partial charge in [-0.25, -0.2) is 0 Å². The first-order chi connectivity index (χ1) is 7.54. The van der Waals surface area contributed by atoms with E-state index in [9.17, 15) is 9.59 Å². The summed E-state index contributed by atoms with van der Waals surface area (Å²) in [6.45, 7) is 0. The summed E-state index contributed by atoms with van der Waals surface area (Å²) < 4.78 is 4.43. The molecule has 1 atom stereocenters. The Balaban J connectivity index is 2.70. The molecule has 0 saturated heterocycles. The van der Waals surface area contributed by atoms with Gasteiger partial charge in [-0.2, -0.15) is 0 Å². The lowest BCUT2D eigenvalue weighted by Crippen LogP contribution is -2.33. The van der Waals surface area contributed by atoms with Gasteiger partial charge in [-0.15, -0.1) is 0 Å². The van der Waals surface area contributed by atoms with E-state index in [0.717, 1.165) is 0 Å². The molecule has 1 aromatic carbocycles. The van der Waals surface area contributed by atoms with Crippen LogP contribution in [-0.4, -0.2) is 24.9 Å². The summed E-state index contributed by atoms with van der Waals surface area (Å²) >= 11 is 5.69. The number of hydrogen-bond acceptors (Lipinski definition) is 4. The smallest absolute Gasteiger partial charge is 0.307 e. The van der Waals surface area contributed by atoms with Gasteiger partial charge in [-0.1, -0.05) is 11.6 Å². The number of nitrogens with two attached hydrogens (primary N) is 1. The third-order valence-electron chi connectivity index (χ3n) is 2.08. The largest absolute Gasteiger partial charge is 0.469 e. The molecule has 0 heterocycles. The molecule has 1 aromatic rings. The SMILES string of the molecule is COC(=O)CC(N)C(=O)c1ccc(Cl)cc1. The second kappa shape index (κ2) is 5.63. The van der Waals surface area contributed by atoms with Crippen LogP contribution in [0.1, 0.15) is 16.8 Å². The Kier molecular flexibility index (Phi) is 4.46. The van der Waals surface area contributed by atoms with Crippen LogP contribution in [0.4, 0.5) is 0 Å². The van der Waals surface area contributed by atoms with Crippen LogP contribution in [0.15, 0.2) is 24.3 Å². The monoisotopic (exact) mass is 241 g/mol. The van der Waals surface area contributed by atoms with Crippen LogP contribution in [0.25, 0.3) is 0 Å². The molecule has 0 bridgehead atoms. The minimum atomic E-state index is -0.881. The summed E-state index contributed by atoms with van der Waals surface area (Å²) in [5.41, 5.74) is 6.01. The van der Waals surface area contributed by atoms with Crippen molar-refractivity contribution in [1.29, 1.82) is 0 Å². The van der Waals surface area contributed by atoms with Crippen molar-refractivity contribution in [2.24, 2.45) is 5.73 Å². The van der Waals surface area contributed by atoms with Gasteiger partial charge in [0.05, 0.1) is 19.6 Å². The Morgan fingerprint density at radius 2 is 1.94 bits per heavy atom. The minimum Gasteiger partial charge on any atom is -0.469 e. The second-order valence-corrected chi connectivity index (χ2v) is 3.69. The van der Waals surface area contributed by atoms with E-state index in [4.69, 9.17) is 17.3 Å². The highest BCUT2D eigenvalue weighted by Crippen LogP contribution is 2.11. The molecule has 5 heteroatoms. The maximum absolute atomic E-state index is 11.7. The minimum absolute atomic E-state index is 0.127. The molecule has 0 aromatic heterocycles. The molecule has 0 aliphatic carbocycles. The highest BCUT2D eigenvalue weighted by Gasteiger charge is 2.19. The van der Waals surface area contributed by atoms with Crippen LogP contribution < -0.4 is 5.73 Å². The summed E-state index contributed by atoms with van der Waals surface area (Å²) in [4.78, 5) is 22.7. The normalized spacial score (nSPS) is 11.9. The molecule has 0 fully saturated rings. The predicted octanol–water partition coefficient (Wildman–Crippen LogP) is 1.41. The molecule has 16 heavy (non-hydrogen) atoms. The number of methoxy groups -OCH3 is 1. The first-order valence-electron chi connectivity index (χ1n) is 4.66. The summed E-state index contributed by atoms with van der Waals surface area (Å²) in [5.74, 6) is -0.808. The number of carbonyl (C=O) groups is 2. The lowest BCUT2D eigenvalue weighted by molar-refractivity contribution is -0.140. The summed E-state index contributed by atoms with van der Waals surface area (Å²) in [7, 11) is 1.25. The van der Waals surface area contributed by atoms with Gasteiger partial charge in [-0.05, 0) is 24.3 Å². The summed E-state index contributed by atoms with van der Waals surface area (Å²) in [5, 5.41) is 0.540. The topological polar surface area (TPSA) is 69.4 Å². The van der Waals surface area contributed by atoms with Crippen molar-refractivity contribution in [1.82, 2.24) is 0 Å². The predicted molar refractivity (Wildman–Crippen MR) is 60.4 cm³/mol. The first kappa shape index (κ1) is 12.7. The van der Waals surface area contributed by atoms with Crippen molar-refractivity contribution in [3.8, 4) is 0 Å². The van der Waals surface area contributed by atoms with E-state index in [1.54, 1.807) is 24.3 Å². The summed E-state index contributed by atoms with van der Waals surface area (Å²) in [6.07, 6.45) is -0.127. The van der Waals surface area contributed by atoms with Crippen molar-refractivity contribution >= 4 is 23.4 Å². The molecule has 0 amide bonds. The van der Waals surface area contributed by atoms with E-state index in [1.807, 2.05) is 0 Å². The van der Waals surface area contributed by atoms with Crippen molar-refractivity contribution in [2.75, 3.05) is 7.11 Å². The molecule has 2 N–H and O–H groups in total. The van der Waals surface area contributed by atoms with Crippen molar-refractivity contribution < 1.29 is 14.3 Å². The number of carbonyl (C=O) groups excluding carboxylic acids is 2. The second-order valence-electron chi connectivity index (χ2n) is 3.26. The number of halogens is 1. The fourth-order valence-electron chi connectivity index (χ4n) is 1.18. The molecule has 1 rings (SSSR count). The molecule has 1 unspecified atom stereocenters.